The maximum absolute atomic E-state index is 5.25. The van der Waals surface area contributed by atoms with Gasteiger partial charge in [-0.15, -0.1) is 11.3 Å². The second-order valence-corrected chi connectivity index (χ2v) is 12.4. The Morgan fingerprint density at radius 1 is 0.378 bits per heavy atom. The van der Waals surface area contributed by atoms with Gasteiger partial charge in [-0.2, -0.15) is 0 Å². The van der Waals surface area contributed by atoms with E-state index < -0.39 is 0 Å². The smallest absolute Gasteiger partial charge is 0.0788 e. The second-order valence-electron chi connectivity index (χ2n) is 11.4. The van der Waals surface area contributed by atoms with Crippen molar-refractivity contribution in [1.29, 1.82) is 0 Å². The van der Waals surface area contributed by atoms with E-state index in [9.17, 15) is 0 Å². The largest absolute Gasteiger partial charge is 0.248 e. The Bertz CT molecular complexity index is 2550. The number of aromatic nitrogens is 2. The number of hydrogen-bond acceptors (Lipinski definition) is 3. The molecule has 0 aliphatic rings. The summed E-state index contributed by atoms with van der Waals surface area (Å²) in [5.41, 5.74) is 9.52. The number of benzene rings is 6. The Balaban J connectivity index is 1.26. The lowest BCUT2D eigenvalue weighted by atomic mass is 9.96. The van der Waals surface area contributed by atoms with Crippen LogP contribution in [-0.4, -0.2) is 9.97 Å². The molecule has 0 unspecified atom stereocenters. The van der Waals surface area contributed by atoms with Gasteiger partial charge in [-0.1, -0.05) is 127 Å². The molecule has 0 saturated carbocycles. The highest BCUT2D eigenvalue weighted by Crippen LogP contribution is 2.42. The number of hydrogen-bond donors (Lipinski definition) is 0. The van der Waals surface area contributed by atoms with Crippen molar-refractivity contribution in [3.05, 3.63) is 158 Å². The van der Waals surface area contributed by atoms with E-state index in [1.807, 2.05) is 11.3 Å². The first-order valence-electron chi connectivity index (χ1n) is 15.2. The predicted molar refractivity (Wildman–Crippen MR) is 192 cm³/mol. The molecular weight excluding hydrogens is 565 g/mol. The highest BCUT2D eigenvalue weighted by molar-refractivity contribution is 7.26. The maximum Gasteiger partial charge on any atom is 0.0788 e. The summed E-state index contributed by atoms with van der Waals surface area (Å²) in [6.45, 7) is 0. The summed E-state index contributed by atoms with van der Waals surface area (Å²) in [6.07, 6.45) is 0. The van der Waals surface area contributed by atoms with Gasteiger partial charge in [0.2, 0.25) is 0 Å². The van der Waals surface area contributed by atoms with Crippen molar-refractivity contribution in [2.75, 3.05) is 0 Å². The van der Waals surface area contributed by atoms with Crippen LogP contribution in [0.5, 0.6) is 0 Å². The summed E-state index contributed by atoms with van der Waals surface area (Å²) in [7, 11) is 0. The fourth-order valence-electron chi connectivity index (χ4n) is 6.52. The van der Waals surface area contributed by atoms with E-state index in [0.717, 1.165) is 50.2 Å². The van der Waals surface area contributed by atoms with Gasteiger partial charge < -0.3 is 0 Å². The van der Waals surface area contributed by atoms with Crippen LogP contribution >= 0.6 is 11.3 Å². The van der Waals surface area contributed by atoms with Crippen molar-refractivity contribution in [2.24, 2.45) is 0 Å². The second kappa shape index (κ2) is 10.5. The molecule has 210 valence electrons. The molecule has 9 aromatic rings. The average Bonchev–Trinajstić information content (AvgIpc) is 3.50. The minimum atomic E-state index is 0.941. The molecule has 2 nitrogen and oxygen atoms in total. The van der Waals surface area contributed by atoms with Crippen molar-refractivity contribution in [2.45, 2.75) is 0 Å². The van der Waals surface area contributed by atoms with Crippen molar-refractivity contribution in [1.82, 2.24) is 9.97 Å². The quantitative estimate of drug-likeness (QED) is 0.191. The van der Waals surface area contributed by atoms with Crippen LogP contribution in [0.3, 0.4) is 0 Å². The molecule has 0 radical (unpaired) electrons. The number of fused-ring (bicyclic) bond motifs is 6. The Morgan fingerprint density at radius 2 is 1.00 bits per heavy atom. The average molecular weight is 591 g/mol. The summed E-state index contributed by atoms with van der Waals surface area (Å²) in [5, 5.41) is 6.14. The van der Waals surface area contributed by atoms with Crippen LogP contribution in [-0.2, 0) is 0 Å². The van der Waals surface area contributed by atoms with E-state index in [-0.39, 0.29) is 0 Å². The van der Waals surface area contributed by atoms with Gasteiger partial charge in [0.25, 0.3) is 0 Å². The molecule has 0 atom stereocenters. The minimum absolute atomic E-state index is 0.941. The highest BCUT2D eigenvalue weighted by atomic mass is 32.1. The van der Waals surface area contributed by atoms with Crippen molar-refractivity contribution in [3.8, 4) is 44.9 Å². The van der Waals surface area contributed by atoms with Crippen LogP contribution in [0, 0.1) is 0 Å². The van der Waals surface area contributed by atoms with Gasteiger partial charge >= 0.3 is 0 Å². The Hall–Kier alpha value is -5.64. The van der Waals surface area contributed by atoms with Gasteiger partial charge in [0, 0.05) is 47.6 Å². The van der Waals surface area contributed by atoms with Crippen LogP contribution < -0.4 is 0 Å². The van der Waals surface area contributed by atoms with Crippen LogP contribution in [0.1, 0.15) is 0 Å². The zero-order valence-corrected chi connectivity index (χ0v) is 25.1. The molecule has 9 rings (SSSR count). The lowest BCUT2D eigenvalue weighted by Crippen LogP contribution is -1.93. The molecule has 0 spiro atoms. The third kappa shape index (κ3) is 4.40. The lowest BCUT2D eigenvalue weighted by molar-refractivity contribution is 1.32. The highest BCUT2D eigenvalue weighted by Gasteiger charge is 2.15. The Kier molecular flexibility index (Phi) is 6.03. The monoisotopic (exact) mass is 590 g/mol. The molecule has 45 heavy (non-hydrogen) atoms. The van der Waals surface area contributed by atoms with Crippen molar-refractivity contribution < 1.29 is 0 Å². The van der Waals surface area contributed by atoms with Gasteiger partial charge in [0.1, 0.15) is 0 Å². The number of rotatable bonds is 4. The summed E-state index contributed by atoms with van der Waals surface area (Å²) in [4.78, 5) is 10.4. The summed E-state index contributed by atoms with van der Waals surface area (Å²) in [5.74, 6) is 0. The SMILES string of the molecule is c1ccc(-c2cc(-c3cccc4c3sc3ccccc34)cc(-c3cccc(-c4nc5ccccc5c5ccccc45)c3)n2)cc1. The third-order valence-corrected chi connectivity index (χ3v) is 9.87. The first-order valence-corrected chi connectivity index (χ1v) is 16.0. The standard InChI is InChI=1S/C42H26N2S/c1-2-12-27(13-3-1)38-25-30(31-20-11-21-36-34-18-7-9-23-40(34)45-42(31)36)26-39(43-38)28-14-10-15-29(24-28)41-35-19-5-4-16-32(35)33-17-6-8-22-37(33)44-41/h1-26H. The van der Waals surface area contributed by atoms with Gasteiger partial charge in [-0.05, 0) is 46.8 Å². The topological polar surface area (TPSA) is 25.8 Å². The van der Waals surface area contributed by atoms with E-state index in [1.165, 1.54) is 36.5 Å². The number of pyridine rings is 2. The van der Waals surface area contributed by atoms with Gasteiger partial charge in [0.05, 0.1) is 22.6 Å². The molecule has 3 heterocycles. The molecule has 0 aliphatic heterocycles. The number of thiophene rings is 1. The first-order chi connectivity index (χ1) is 22.3. The van der Waals surface area contributed by atoms with Crippen molar-refractivity contribution >= 4 is 53.2 Å². The minimum Gasteiger partial charge on any atom is -0.248 e. The Labute approximate surface area is 264 Å². The molecular formula is C42H26N2S. The van der Waals surface area contributed by atoms with Crippen LogP contribution in [0.25, 0.3) is 86.7 Å². The van der Waals surface area contributed by atoms with E-state index in [0.29, 0.717) is 0 Å². The molecule has 0 bridgehead atoms. The number of nitrogens with zero attached hydrogens (tertiary/aromatic N) is 2. The third-order valence-electron chi connectivity index (χ3n) is 8.65. The molecule has 3 heteroatoms. The molecule has 0 fully saturated rings. The van der Waals surface area contributed by atoms with Gasteiger partial charge in [0.15, 0.2) is 0 Å². The first kappa shape index (κ1) is 25.8. The summed E-state index contributed by atoms with van der Waals surface area (Å²) in [6, 6.07) is 56.0. The zero-order valence-electron chi connectivity index (χ0n) is 24.3. The maximum atomic E-state index is 5.25. The van der Waals surface area contributed by atoms with E-state index in [4.69, 9.17) is 9.97 Å². The van der Waals surface area contributed by atoms with Gasteiger partial charge in [-0.25, -0.2) is 9.97 Å². The van der Waals surface area contributed by atoms with Crippen LogP contribution in [0.2, 0.25) is 0 Å². The van der Waals surface area contributed by atoms with Crippen molar-refractivity contribution in [3.63, 3.8) is 0 Å². The van der Waals surface area contributed by atoms with E-state index >= 15 is 0 Å². The number of para-hydroxylation sites is 1. The summed E-state index contributed by atoms with van der Waals surface area (Å²) >= 11 is 1.86. The summed E-state index contributed by atoms with van der Waals surface area (Å²) < 4.78 is 2.61. The lowest BCUT2D eigenvalue weighted by Gasteiger charge is -2.13. The molecule has 0 N–H and O–H groups in total. The fraction of sp³-hybridized carbons (Fsp3) is 0. The molecule has 3 aromatic heterocycles. The predicted octanol–water partition coefficient (Wildman–Crippen LogP) is 11.8. The van der Waals surface area contributed by atoms with E-state index in [2.05, 4.69) is 158 Å². The normalized spacial score (nSPS) is 11.6. The fourth-order valence-corrected chi connectivity index (χ4v) is 7.75. The van der Waals surface area contributed by atoms with Gasteiger partial charge in [-0.3, -0.25) is 0 Å². The molecule has 0 aliphatic carbocycles. The Morgan fingerprint density at radius 3 is 1.87 bits per heavy atom. The zero-order chi connectivity index (χ0) is 29.7. The van der Waals surface area contributed by atoms with Crippen LogP contribution in [0.4, 0.5) is 0 Å². The molecule has 0 saturated heterocycles. The van der Waals surface area contributed by atoms with Crippen LogP contribution in [0.15, 0.2) is 158 Å². The van der Waals surface area contributed by atoms with E-state index in [1.54, 1.807) is 0 Å². The molecule has 0 amide bonds. The molecule has 6 aromatic carbocycles.